The van der Waals surface area contributed by atoms with Crippen LogP contribution in [0.3, 0.4) is 0 Å². The molecule has 2 nitrogen and oxygen atoms in total. The number of aliphatic hydroxyl groups is 2. The summed E-state index contributed by atoms with van der Waals surface area (Å²) in [5.74, 6) is -0.243. The lowest BCUT2D eigenvalue weighted by Gasteiger charge is -2.65. The van der Waals surface area contributed by atoms with Crippen LogP contribution in [0.15, 0.2) is 97.1 Å². The second kappa shape index (κ2) is 6.76. The summed E-state index contributed by atoms with van der Waals surface area (Å²) in [6.45, 7) is 7.91. The maximum absolute atomic E-state index is 12.4. The Labute approximate surface area is 213 Å². The van der Waals surface area contributed by atoms with Gasteiger partial charge in [-0.25, -0.2) is 0 Å². The summed E-state index contributed by atoms with van der Waals surface area (Å²) in [6.07, 6.45) is 0. The summed E-state index contributed by atoms with van der Waals surface area (Å²) in [5, 5.41) is 24.7. The van der Waals surface area contributed by atoms with Crippen molar-refractivity contribution in [2.75, 3.05) is 0 Å². The lowest BCUT2D eigenvalue weighted by atomic mass is 9.38. The molecule has 4 aromatic rings. The topological polar surface area (TPSA) is 40.5 Å². The van der Waals surface area contributed by atoms with E-state index in [9.17, 15) is 10.2 Å². The SMILES string of the molecule is CC(C)(O)C12c3ccccc3C(c3ccccc31)C1(C(C)(C)O)c3ccccc3C2c2ccccc21. The van der Waals surface area contributed by atoms with Crippen molar-refractivity contribution in [2.24, 2.45) is 0 Å². The van der Waals surface area contributed by atoms with Crippen LogP contribution >= 0.6 is 0 Å². The van der Waals surface area contributed by atoms with Gasteiger partial charge in [-0.15, -0.1) is 0 Å². The van der Waals surface area contributed by atoms with Crippen molar-refractivity contribution in [1.29, 1.82) is 0 Å². The van der Waals surface area contributed by atoms with Crippen LogP contribution in [0.5, 0.6) is 0 Å². The van der Waals surface area contributed by atoms with E-state index in [2.05, 4.69) is 97.1 Å². The zero-order valence-electron chi connectivity index (χ0n) is 21.3. The lowest BCUT2D eigenvalue weighted by molar-refractivity contribution is -0.0221. The van der Waals surface area contributed by atoms with Gasteiger partial charge >= 0.3 is 0 Å². The third-order valence-corrected chi connectivity index (χ3v) is 9.58. The quantitative estimate of drug-likeness (QED) is 0.354. The Bertz CT molecular complexity index is 1320. The summed E-state index contributed by atoms with van der Waals surface area (Å²) in [7, 11) is 0. The van der Waals surface area contributed by atoms with Gasteiger partial charge in [0.15, 0.2) is 0 Å². The molecule has 10 rings (SSSR count). The van der Waals surface area contributed by atoms with E-state index in [1.54, 1.807) is 0 Å². The van der Waals surface area contributed by atoms with Crippen LogP contribution in [-0.2, 0) is 10.8 Å². The minimum Gasteiger partial charge on any atom is -0.389 e. The van der Waals surface area contributed by atoms with E-state index in [0.29, 0.717) is 0 Å². The Hall–Kier alpha value is -3.20. The summed E-state index contributed by atoms with van der Waals surface area (Å²) in [6, 6.07) is 34.7. The van der Waals surface area contributed by atoms with Gasteiger partial charge in [-0.2, -0.15) is 0 Å². The maximum Gasteiger partial charge on any atom is 0.0737 e. The molecule has 0 fully saturated rings. The van der Waals surface area contributed by atoms with Crippen LogP contribution in [0.25, 0.3) is 0 Å². The molecule has 0 saturated heterocycles. The Kier molecular flexibility index (Phi) is 4.14. The fraction of sp³-hybridized carbons (Fsp3) is 0.294. The highest BCUT2D eigenvalue weighted by molar-refractivity contribution is 5.74. The molecule has 0 aliphatic heterocycles. The van der Waals surface area contributed by atoms with E-state index in [1.807, 2.05) is 27.7 Å². The van der Waals surface area contributed by atoms with Crippen molar-refractivity contribution in [3.05, 3.63) is 142 Å². The molecule has 6 aliphatic rings. The first-order chi connectivity index (χ1) is 17.2. The van der Waals surface area contributed by atoms with Crippen molar-refractivity contribution < 1.29 is 10.2 Å². The first-order valence-electron chi connectivity index (χ1n) is 13.0. The van der Waals surface area contributed by atoms with E-state index in [-0.39, 0.29) is 11.8 Å². The van der Waals surface area contributed by atoms with E-state index in [4.69, 9.17) is 0 Å². The van der Waals surface area contributed by atoms with E-state index >= 15 is 0 Å². The molecule has 4 bridgehead atoms. The Morgan fingerprint density at radius 3 is 0.889 bits per heavy atom. The van der Waals surface area contributed by atoms with Crippen molar-refractivity contribution in [3.63, 3.8) is 0 Å². The van der Waals surface area contributed by atoms with Gasteiger partial charge < -0.3 is 10.2 Å². The summed E-state index contributed by atoms with van der Waals surface area (Å²) >= 11 is 0. The van der Waals surface area contributed by atoms with Crippen molar-refractivity contribution >= 4 is 0 Å². The zero-order chi connectivity index (χ0) is 25.1. The van der Waals surface area contributed by atoms with E-state index in [0.717, 1.165) is 0 Å². The van der Waals surface area contributed by atoms with Crippen LogP contribution in [0.4, 0.5) is 0 Å². The summed E-state index contributed by atoms with van der Waals surface area (Å²) < 4.78 is 0. The molecule has 4 aromatic carbocycles. The predicted octanol–water partition coefficient (Wildman–Crippen LogP) is 6.41. The molecule has 2 N–H and O–H groups in total. The molecular formula is C34H32O2. The van der Waals surface area contributed by atoms with Gasteiger partial charge in [0.1, 0.15) is 0 Å². The molecule has 2 heteroatoms. The van der Waals surface area contributed by atoms with Gasteiger partial charge in [0.25, 0.3) is 0 Å². The number of hydrogen-bond acceptors (Lipinski definition) is 2. The molecule has 0 spiro atoms. The highest BCUT2D eigenvalue weighted by Gasteiger charge is 2.68. The molecule has 0 amide bonds. The van der Waals surface area contributed by atoms with Gasteiger partial charge in [0.05, 0.1) is 22.0 Å². The predicted molar refractivity (Wildman–Crippen MR) is 144 cm³/mol. The Balaban J connectivity index is 1.84. The van der Waals surface area contributed by atoms with Crippen LogP contribution in [0.1, 0.15) is 84.0 Å². The van der Waals surface area contributed by atoms with Crippen molar-refractivity contribution in [1.82, 2.24) is 0 Å². The molecule has 0 radical (unpaired) electrons. The summed E-state index contributed by atoms with van der Waals surface area (Å²) in [4.78, 5) is 0. The Morgan fingerprint density at radius 1 is 0.444 bits per heavy atom. The molecule has 0 atom stereocenters. The van der Waals surface area contributed by atoms with Gasteiger partial charge in [0.2, 0.25) is 0 Å². The molecular weight excluding hydrogens is 440 g/mol. The van der Waals surface area contributed by atoms with Crippen LogP contribution in [0.2, 0.25) is 0 Å². The molecule has 36 heavy (non-hydrogen) atoms. The number of hydrogen-bond donors (Lipinski definition) is 2. The van der Waals surface area contributed by atoms with E-state index in [1.165, 1.54) is 44.5 Å². The first-order valence-corrected chi connectivity index (χ1v) is 13.0. The fourth-order valence-electron chi connectivity index (χ4n) is 8.64. The summed E-state index contributed by atoms with van der Waals surface area (Å²) in [5.41, 5.74) is 5.90. The smallest absolute Gasteiger partial charge is 0.0737 e. The average Bonchev–Trinajstić information content (AvgIpc) is 2.83. The maximum atomic E-state index is 12.4. The Morgan fingerprint density at radius 2 is 0.667 bits per heavy atom. The third-order valence-electron chi connectivity index (χ3n) is 9.58. The van der Waals surface area contributed by atoms with Crippen LogP contribution in [0, 0.1) is 0 Å². The third kappa shape index (κ3) is 2.23. The second-order valence-corrected chi connectivity index (χ2v) is 11.9. The van der Waals surface area contributed by atoms with Crippen molar-refractivity contribution in [2.45, 2.75) is 61.6 Å². The lowest BCUT2D eigenvalue weighted by Crippen LogP contribution is -2.64. The number of rotatable bonds is 2. The molecule has 6 aliphatic carbocycles. The molecule has 180 valence electrons. The monoisotopic (exact) mass is 472 g/mol. The molecule has 0 heterocycles. The zero-order valence-corrected chi connectivity index (χ0v) is 21.3. The van der Waals surface area contributed by atoms with Crippen LogP contribution < -0.4 is 0 Å². The van der Waals surface area contributed by atoms with Gasteiger partial charge in [-0.05, 0) is 72.2 Å². The van der Waals surface area contributed by atoms with Crippen LogP contribution in [-0.4, -0.2) is 21.4 Å². The van der Waals surface area contributed by atoms with Gasteiger partial charge in [-0.3, -0.25) is 0 Å². The van der Waals surface area contributed by atoms with Gasteiger partial charge in [-0.1, -0.05) is 97.1 Å². The minimum absolute atomic E-state index is 0.121. The highest BCUT2D eigenvalue weighted by Crippen LogP contribution is 2.72. The number of benzene rings is 4. The second-order valence-electron chi connectivity index (χ2n) is 11.9. The standard InChI is InChI=1S/C34H32O2/c1-31(2,35)33-25-17-9-5-13-21(25)30(22-14-6-10-18-26(22)33)34(32(3,4)36)27-19-11-7-15-23(27)29(33)24-16-8-12-20-28(24)34/h5-20,29-30,35-36H,1-4H3. The fourth-order valence-corrected chi connectivity index (χ4v) is 8.64. The molecule has 0 unspecified atom stereocenters. The first kappa shape index (κ1) is 22.0. The van der Waals surface area contributed by atoms with Gasteiger partial charge in [0, 0.05) is 11.8 Å². The largest absolute Gasteiger partial charge is 0.389 e. The van der Waals surface area contributed by atoms with Crippen molar-refractivity contribution in [3.8, 4) is 0 Å². The molecule has 0 saturated carbocycles. The molecule has 0 aromatic heterocycles. The minimum atomic E-state index is -1.08. The average molecular weight is 473 g/mol. The normalized spacial score (nSPS) is 27.4. The highest BCUT2D eigenvalue weighted by atomic mass is 16.3. The van der Waals surface area contributed by atoms with E-state index < -0.39 is 22.0 Å².